The molecule has 1 unspecified atom stereocenters. The van der Waals surface area contributed by atoms with Crippen molar-refractivity contribution in [1.82, 2.24) is 0 Å². The van der Waals surface area contributed by atoms with E-state index in [2.05, 4.69) is 18.7 Å². The molecular weight excluding hydrogens is 408 g/mol. The molecule has 6 nitrogen and oxygen atoms in total. The van der Waals surface area contributed by atoms with Crippen LogP contribution in [-0.4, -0.2) is 36.0 Å². The molecule has 0 aromatic heterocycles. The van der Waals surface area contributed by atoms with Crippen molar-refractivity contribution in [2.24, 2.45) is 0 Å². The van der Waals surface area contributed by atoms with Crippen LogP contribution >= 0.6 is 0 Å². The van der Waals surface area contributed by atoms with Crippen LogP contribution in [-0.2, 0) is 22.4 Å². The maximum absolute atomic E-state index is 12.2. The molecule has 0 radical (unpaired) electrons. The lowest BCUT2D eigenvalue weighted by Crippen LogP contribution is -2.39. The number of carbonyl (C=O) groups excluding carboxylic acids is 1. The third kappa shape index (κ3) is 4.36. The fraction of sp³-hybridized carbons (Fsp3) is 0.346. The van der Waals surface area contributed by atoms with Crippen molar-refractivity contribution in [2.75, 3.05) is 13.2 Å². The zero-order valence-electron chi connectivity index (χ0n) is 18.6. The van der Waals surface area contributed by atoms with Crippen LogP contribution < -0.4 is 14.2 Å². The van der Waals surface area contributed by atoms with Gasteiger partial charge in [-0.1, -0.05) is 36.9 Å². The van der Waals surface area contributed by atoms with E-state index in [-0.39, 0.29) is 12.4 Å². The number of allylic oxidation sites excluding steroid dienone is 2. The second-order valence-electron chi connectivity index (χ2n) is 8.46. The first-order chi connectivity index (χ1) is 15.3. The molecule has 2 aliphatic heterocycles. The molecule has 1 atom stereocenters. The number of hydrogen-bond acceptors (Lipinski definition) is 6. The Morgan fingerprint density at radius 2 is 2.00 bits per heavy atom. The molecule has 4 rings (SSSR count). The maximum atomic E-state index is 12.2. The number of fused-ring (bicyclic) bond motifs is 2. The Kier molecular flexibility index (Phi) is 5.98. The topological polar surface area (TPSA) is 74.2 Å². The van der Waals surface area contributed by atoms with Gasteiger partial charge in [-0.25, -0.2) is 4.79 Å². The molecule has 2 heterocycles. The first-order valence-corrected chi connectivity index (χ1v) is 10.8. The summed E-state index contributed by atoms with van der Waals surface area (Å²) in [6.45, 7) is 9.99. The van der Waals surface area contributed by atoms with Gasteiger partial charge < -0.3 is 24.1 Å². The average molecular weight is 437 g/mol. The molecule has 32 heavy (non-hydrogen) atoms. The molecule has 168 valence electrons. The van der Waals surface area contributed by atoms with Gasteiger partial charge in [0.15, 0.2) is 0 Å². The summed E-state index contributed by atoms with van der Waals surface area (Å²) in [5.41, 5.74) is 2.27. The van der Waals surface area contributed by atoms with Crippen LogP contribution in [0, 0.1) is 0 Å². The van der Waals surface area contributed by atoms with Gasteiger partial charge in [-0.15, -0.1) is 0 Å². The van der Waals surface area contributed by atoms with Gasteiger partial charge in [0.25, 0.3) is 0 Å². The molecule has 2 aromatic carbocycles. The fourth-order valence-corrected chi connectivity index (χ4v) is 3.87. The normalized spacial score (nSPS) is 16.9. The number of benzene rings is 2. The van der Waals surface area contributed by atoms with Crippen molar-refractivity contribution >= 4 is 11.5 Å². The monoisotopic (exact) mass is 436 g/mol. The molecule has 0 saturated heterocycles. The summed E-state index contributed by atoms with van der Waals surface area (Å²) in [4.78, 5) is 12.2. The number of esters is 1. The average Bonchev–Trinajstić information content (AvgIpc) is 3.18. The van der Waals surface area contributed by atoms with E-state index in [9.17, 15) is 9.90 Å². The number of carbonyl (C=O) groups is 1. The smallest absolute Gasteiger partial charge is 0.374 e. The minimum atomic E-state index is -1.03. The quantitative estimate of drug-likeness (QED) is 0.655. The molecular formula is C26H28O6. The lowest BCUT2D eigenvalue weighted by molar-refractivity contribution is -0.141. The summed E-state index contributed by atoms with van der Waals surface area (Å²) >= 11 is 0. The van der Waals surface area contributed by atoms with Crippen molar-refractivity contribution in [3.05, 3.63) is 71.5 Å². The summed E-state index contributed by atoms with van der Waals surface area (Å²) in [5, 5.41) is 10.5. The zero-order valence-corrected chi connectivity index (χ0v) is 18.6. The molecule has 0 amide bonds. The Hall–Kier alpha value is -3.25. The summed E-state index contributed by atoms with van der Waals surface area (Å²) in [6, 6.07) is 11.8. The van der Waals surface area contributed by atoms with Gasteiger partial charge in [0.2, 0.25) is 5.76 Å². The van der Waals surface area contributed by atoms with Crippen molar-refractivity contribution in [1.29, 1.82) is 0 Å². The van der Waals surface area contributed by atoms with Gasteiger partial charge in [-0.2, -0.15) is 0 Å². The molecule has 2 aliphatic rings. The van der Waals surface area contributed by atoms with Crippen molar-refractivity contribution < 1.29 is 28.8 Å². The van der Waals surface area contributed by atoms with Gasteiger partial charge in [0, 0.05) is 24.5 Å². The van der Waals surface area contributed by atoms with Gasteiger partial charge in [-0.05, 0) is 38.0 Å². The van der Waals surface area contributed by atoms with E-state index in [1.807, 2.05) is 18.2 Å². The van der Waals surface area contributed by atoms with E-state index in [1.54, 1.807) is 32.9 Å². The maximum Gasteiger partial charge on any atom is 0.374 e. The summed E-state index contributed by atoms with van der Waals surface area (Å²) < 4.78 is 23.3. The van der Waals surface area contributed by atoms with E-state index in [0.717, 1.165) is 12.0 Å². The van der Waals surface area contributed by atoms with E-state index in [0.29, 0.717) is 41.4 Å². The Morgan fingerprint density at radius 1 is 1.25 bits per heavy atom. The molecule has 0 spiro atoms. The second kappa shape index (κ2) is 8.71. The van der Waals surface area contributed by atoms with Crippen LogP contribution in [0.25, 0.3) is 5.57 Å². The van der Waals surface area contributed by atoms with Gasteiger partial charge >= 0.3 is 5.97 Å². The molecule has 0 fully saturated rings. The Labute approximate surface area is 188 Å². The fourth-order valence-electron chi connectivity index (χ4n) is 3.87. The minimum absolute atomic E-state index is 0.0663. The van der Waals surface area contributed by atoms with Crippen LogP contribution in [0.4, 0.5) is 0 Å². The third-order valence-corrected chi connectivity index (χ3v) is 5.56. The van der Waals surface area contributed by atoms with Gasteiger partial charge in [0.1, 0.15) is 23.4 Å². The van der Waals surface area contributed by atoms with E-state index in [1.165, 1.54) is 5.56 Å². The first kappa shape index (κ1) is 22.0. The second-order valence-corrected chi connectivity index (χ2v) is 8.46. The predicted molar refractivity (Wildman–Crippen MR) is 121 cm³/mol. The highest BCUT2D eigenvalue weighted by Crippen LogP contribution is 2.49. The number of hydrogen-bond donors (Lipinski definition) is 1. The van der Waals surface area contributed by atoms with Crippen LogP contribution in [0.5, 0.6) is 17.2 Å². The summed E-state index contributed by atoms with van der Waals surface area (Å²) in [5.74, 6) is 1.12. The highest BCUT2D eigenvalue weighted by molar-refractivity contribution is 5.95. The molecule has 6 heteroatoms. The molecule has 0 bridgehead atoms. The molecule has 1 N–H and O–H groups in total. The third-order valence-electron chi connectivity index (χ3n) is 5.56. The lowest BCUT2D eigenvalue weighted by Gasteiger charge is -2.24. The Morgan fingerprint density at radius 3 is 2.69 bits per heavy atom. The van der Waals surface area contributed by atoms with E-state index < -0.39 is 17.7 Å². The van der Waals surface area contributed by atoms with Crippen LogP contribution in [0.2, 0.25) is 0 Å². The highest BCUT2D eigenvalue weighted by atomic mass is 16.6. The zero-order chi connectivity index (χ0) is 22.9. The van der Waals surface area contributed by atoms with Crippen molar-refractivity contribution in [3.8, 4) is 17.2 Å². The standard InChI is InChI=1S/C26H28O6/c1-5-29-25(27)21-13-16(2)23-20(31-21)15-19-18(14-22(32-19)26(3,4)28)24(23)30-12-11-17-9-7-6-8-10-17/h6-10,13,15,22,28H,2,5,11-12,14H2,1,3-4H3. The number of rotatable bonds is 7. The molecule has 0 aliphatic carbocycles. The van der Waals surface area contributed by atoms with Gasteiger partial charge in [-0.3, -0.25) is 0 Å². The minimum Gasteiger partial charge on any atom is -0.492 e. The Bertz CT molecular complexity index is 1060. The largest absolute Gasteiger partial charge is 0.492 e. The van der Waals surface area contributed by atoms with Crippen LogP contribution in [0.3, 0.4) is 0 Å². The summed E-state index contributed by atoms with van der Waals surface area (Å²) in [6.07, 6.45) is 2.37. The lowest BCUT2D eigenvalue weighted by atomic mass is 9.93. The predicted octanol–water partition coefficient (Wildman–Crippen LogP) is 4.24. The highest BCUT2D eigenvalue weighted by Gasteiger charge is 2.39. The Balaban J connectivity index is 1.68. The first-order valence-electron chi connectivity index (χ1n) is 10.8. The molecule has 2 aromatic rings. The van der Waals surface area contributed by atoms with Crippen molar-refractivity contribution in [3.63, 3.8) is 0 Å². The van der Waals surface area contributed by atoms with E-state index >= 15 is 0 Å². The van der Waals surface area contributed by atoms with Crippen molar-refractivity contribution in [2.45, 2.75) is 45.3 Å². The van der Waals surface area contributed by atoms with Gasteiger partial charge in [0.05, 0.1) is 24.4 Å². The summed E-state index contributed by atoms with van der Waals surface area (Å²) in [7, 11) is 0. The van der Waals surface area contributed by atoms with Crippen LogP contribution in [0.15, 0.2) is 54.8 Å². The number of aliphatic hydroxyl groups is 1. The molecule has 0 saturated carbocycles. The van der Waals surface area contributed by atoms with Crippen LogP contribution in [0.1, 0.15) is 37.5 Å². The SMILES string of the molecule is C=C1C=C(C(=O)OCC)Oc2cc3c(c(OCCc4ccccc4)c21)CC(C(C)(C)O)O3. The number of ether oxygens (including phenoxy) is 4. The van der Waals surface area contributed by atoms with E-state index in [4.69, 9.17) is 18.9 Å².